The summed E-state index contributed by atoms with van der Waals surface area (Å²) in [6, 6.07) is 6.12. The Morgan fingerprint density at radius 2 is 1.77 bits per heavy atom. The molecule has 1 aliphatic rings. The fourth-order valence-electron chi connectivity index (χ4n) is 2.79. The van der Waals surface area contributed by atoms with Crippen LogP contribution in [0.2, 0.25) is 0 Å². The highest BCUT2D eigenvalue weighted by Gasteiger charge is 2.20. The van der Waals surface area contributed by atoms with Crippen molar-refractivity contribution in [3.05, 3.63) is 41.2 Å². The van der Waals surface area contributed by atoms with Crippen LogP contribution < -0.4 is 0 Å². The molecule has 0 unspecified atom stereocenters. The maximum Gasteiger partial charge on any atom is 0.276 e. The Morgan fingerprint density at radius 1 is 1.05 bits per heavy atom. The molecule has 5 heteroatoms. The Morgan fingerprint density at radius 3 is 2.45 bits per heavy atom. The van der Waals surface area contributed by atoms with Crippen molar-refractivity contribution in [1.29, 1.82) is 0 Å². The fourth-order valence-corrected chi connectivity index (χ4v) is 2.79. The van der Waals surface area contributed by atoms with E-state index in [0.29, 0.717) is 5.69 Å². The molecule has 3 rings (SSSR count). The number of carbonyl (C=O) groups is 1. The molecule has 0 bridgehead atoms. The molecule has 2 heterocycles. The third-order valence-electron chi connectivity index (χ3n) is 4.36. The van der Waals surface area contributed by atoms with Crippen LogP contribution in [0.1, 0.15) is 47.3 Å². The van der Waals surface area contributed by atoms with Gasteiger partial charge in [0.25, 0.3) is 5.91 Å². The van der Waals surface area contributed by atoms with Gasteiger partial charge in [-0.15, -0.1) is 5.10 Å². The van der Waals surface area contributed by atoms with Crippen LogP contribution in [0.3, 0.4) is 0 Å². The van der Waals surface area contributed by atoms with Crippen LogP contribution in [-0.4, -0.2) is 38.9 Å². The molecular weight excluding hydrogens is 276 g/mol. The van der Waals surface area contributed by atoms with Gasteiger partial charge in [0.05, 0.1) is 11.9 Å². The van der Waals surface area contributed by atoms with Crippen LogP contribution in [0.5, 0.6) is 0 Å². The molecule has 0 radical (unpaired) electrons. The minimum Gasteiger partial charge on any atom is -0.337 e. The van der Waals surface area contributed by atoms with Crippen molar-refractivity contribution in [3.63, 3.8) is 0 Å². The molecule has 0 saturated carbocycles. The van der Waals surface area contributed by atoms with E-state index in [1.807, 2.05) is 11.0 Å². The van der Waals surface area contributed by atoms with Gasteiger partial charge in [-0.3, -0.25) is 4.79 Å². The van der Waals surface area contributed by atoms with E-state index in [2.05, 4.69) is 36.3 Å². The molecule has 2 aromatic rings. The zero-order chi connectivity index (χ0) is 15.5. The number of carbonyl (C=O) groups excluding carboxylic acids is 1. The van der Waals surface area contributed by atoms with E-state index >= 15 is 0 Å². The molecule has 5 nitrogen and oxygen atoms in total. The smallest absolute Gasteiger partial charge is 0.276 e. The van der Waals surface area contributed by atoms with Crippen molar-refractivity contribution in [1.82, 2.24) is 19.9 Å². The van der Waals surface area contributed by atoms with Crippen LogP contribution in [0.15, 0.2) is 24.4 Å². The van der Waals surface area contributed by atoms with E-state index in [1.165, 1.54) is 24.0 Å². The number of hydrogen-bond acceptors (Lipinski definition) is 3. The average Bonchev–Trinajstić information content (AvgIpc) is 2.85. The summed E-state index contributed by atoms with van der Waals surface area (Å²) in [6.07, 6.45) is 6.31. The summed E-state index contributed by atoms with van der Waals surface area (Å²) in [6.45, 7) is 5.80. The highest BCUT2D eigenvalue weighted by Crippen LogP contribution is 2.15. The zero-order valence-electron chi connectivity index (χ0n) is 13.2. The molecule has 0 aliphatic carbocycles. The van der Waals surface area contributed by atoms with Crippen molar-refractivity contribution in [2.24, 2.45) is 0 Å². The second kappa shape index (κ2) is 6.30. The van der Waals surface area contributed by atoms with Gasteiger partial charge in [0.2, 0.25) is 0 Å². The minimum absolute atomic E-state index is 0.00279. The van der Waals surface area contributed by atoms with Crippen LogP contribution in [0, 0.1) is 13.8 Å². The van der Waals surface area contributed by atoms with Gasteiger partial charge in [-0.2, -0.15) is 0 Å². The van der Waals surface area contributed by atoms with Crippen LogP contribution in [0.25, 0.3) is 5.69 Å². The molecule has 1 fully saturated rings. The van der Waals surface area contributed by atoms with Crippen molar-refractivity contribution in [2.75, 3.05) is 13.1 Å². The third-order valence-corrected chi connectivity index (χ3v) is 4.36. The first kappa shape index (κ1) is 14.8. The zero-order valence-corrected chi connectivity index (χ0v) is 13.2. The van der Waals surface area contributed by atoms with E-state index in [4.69, 9.17) is 0 Å². The lowest BCUT2D eigenvalue weighted by atomic mass is 10.1. The number of hydrogen-bond donors (Lipinski definition) is 0. The molecule has 0 atom stereocenters. The molecule has 1 amide bonds. The third kappa shape index (κ3) is 3.03. The summed E-state index contributed by atoms with van der Waals surface area (Å²) in [5, 5.41) is 8.19. The quantitative estimate of drug-likeness (QED) is 0.856. The Kier molecular flexibility index (Phi) is 4.22. The number of nitrogens with zero attached hydrogens (tertiary/aromatic N) is 4. The van der Waals surface area contributed by atoms with Crippen LogP contribution in [0.4, 0.5) is 0 Å². The van der Waals surface area contributed by atoms with Crippen LogP contribution in [-0.2, 0) is 0 Å². The Labute approximate surface area is 130 Å². The van der Waals surface area contributed by atoms with Crippen molar-refractivity contribution in [2.45, 2.75) is 39.5 Å². The van der Waals surface area contributed by atoms with Crippen molar-refractivity contribution < 1.29 is 4.79 Å². The standard InChI is InChI=1S/C17H22N4O/c1-13-7-8-15(11-14(13)2)21-12-16(18-19-21)17(22)20-9-5-3-4-6-10-20/h7-8,11-12H,3-6,9-10H2,1-2H3. The molecule has 22 heavy (non-hydrogen) atoms. The number of rotatable bonds is 2. The first-order chi connectivity index (χ1) is 10.6. The molecule has 0 spiro atoms. The fraction of sp³-hybridized carbons (Fsp3) is 0.471. The average molecular weight is 298 g/mol. The first-order valence-corrected chi connectivity index (χ1v) is 7.94. The molecule has 0 N–H and O–H groups in total. The summed E-state index contributed by atoms with van der Waals surface area (Å²) >= 11 is 0. The SMILES string of the molecule is Cc1ccc(-n2cc(C(=O)N3CCCCCC3)nn2)cc1C. The van der Waals surface area contributed by atoms with Gasteiger partial charge in [-0.1, -0.05) is 24.1 Å². The molecule has 1 aromatic heterocycles. The summed E-state index contributed by atoms with van der Waals surface area (Å²) in [5.74, 6) is -0.00279. The van der Waals surface area contributed by atoms with E-state index in [0.717, 1.165) is 31.6 Å². The Balaban J connectivity index is 1.80. The van der Waals surface area contributed by atoms with Gasteiger partial charge in [0, 0.05) is 13.1 Å². The van der Waals surface area contributed by atoms with Gasteiger partial charge in [-0.05, 0) is 49.9 Å². The van der Waals surface area contributed by atoms with Gasteiger partial charge in [0.1, 0.15) is 0 Å². The number of amides is 1. The molecule has 116 valence electrons. The largest absolute Gasteiger partial charge is 0.337 e. The van der Waals surface area contributed by atoms with Gasteiger partial charge < -0.3 is 4.90 Å². The molecular formula is C17H22N4O. The lowest BCUT2D eigenvalue weighted by Gasteiger charge is -2.18. The predicted octanol–water partition coefficient (Wildman–Crippen LogP) is 2.90. The van der Waals surface area contributed by atoms with E-state index in [-0.39, 0.29) is 5.91 Å². The summed E-state index contributed by atoms with van der Waals surface area (Å²) in [4.78, 5) is 14.4. The highest BCUT2D eigenvalue weighted by atomic mass is 16.2. The minimum atomic E-state index is -0.00279. The Hall–Kier alpha value is -2.17. The van der Waals surface area contributed by atoms with E-state index in [9.17, 15) is 4.79 Å². The van der Waals surface area contributed by atoms with Crippen molar-refractivity contribution in [3.8, 4) is 5.69 Å². The predicted molar refractivity (Wildman–Crippen MR) is 85.2 cm³/mol. The lowest BCUT2D eigenvalue weighted by Crippen LogP contribution is -2.32. The number of aromatic nitrogens is 3. The van der Waals surface area contributed by atoms with E-state index < -0.39 is 0 Å². The monoisotopic (exact) mass is 298 g/mol. The molecule has 1 aliphatic heterocycles. The van der Waals surface area contributed by atoms with E-state index in [1.54, 1.807) is 10.9 Å². The second-order valence-corrected chi connectivity index (χ2v) is 6.02. The molecule has 1 saturated heterocycles. The molecule has 1 aromatic carbocycles. The lowest BCUT2D eigenvalue weighted by molar-refractivity contribution is 0.0755. The number of benzene rings is 1. The van der Waals surface area contributed by atoms with Crippen LogP contribution >= 0.6 is 0 Å². The summed E-state index contributed by atoms with van der Waals surface area (Å²) < 4.78 is 1.68. The number of aryl methyl sites for hydroxylation is 2. The first-order valence-electron chi connectivity index (χ1n) is 7.94. The summed E-state index contributed by atoms with van der Waals surface area (Å²) in [7, 11) is 0. The normalized spacial score (nSPS) is 15.6. The second-order valence-electron chi connectivity index (χ2n) is 6.02. The van der Waals surface area contributed by atoms with Gasteiger partial charge in [0.15, 0.2) is 5.69 Å². The van der Waals surface area contributed by atoms with Gasteiger partial charge >= 0.3 is 0 Å². The highest BCUT2D eigenvalue weighted by molar-refractivity contribution is 5.92. The maximum absolute atomic E-state index is 12.5. The Bertz CT molecular complexity index is 669. The van der Waals surface area contributed by atoms with Gasteiger partial charge in [-0.25, -0.2) is 4.68 Å². The number of likely N-dealkylation sites (tertiary alicyclic amines) is 1. The summed E-state index contributed by atoms with van der Waals surface area (Å²) in [5.41, 5.74) is 3.81. The maximum atomic E-state index is 12.5. The topological polar surface area (TPSA) is 51.0 Å². The van der Waals surface area contributed by atoms with Crippen molar-refractivity contribution >= 4 is 5.91 Å².